The Morgan fingerprint density at radius 3 is 2.46 bits per heavy atom. The summed E-state index contributed by atoms with van der Waals surface area (Å²) in [6.45, 7) is 5.71. The number of benzene rings is 1. The Morgan fingerprint density at radius 2 is 1.81 bits per heavy atom. The lowest BCUT2D eigenvalue weighted by Gasteiger charge is -2.39. The lowest BCUT2D eigenvalue weighted by atomic mass is 9.92. The van der Waals surface area contributed by atoms with Gasteiger partial charge in [0, 0.05) is 70.4 Å². The number of urea groups is 1. The molecule has 12 nitrogen and oxygen atoms in total. The van der Waals surface area contributed by atoms with Crippen LogP contribution in [0.25, 0.3) is 0 Å². The Labute approximate surface area is 283 Å². The summed E-state index contributed by atoms with van der Waals surface area (Å²) in [5.74, 6) is 2.13. The SMILES string of the molecule is CCCC1=CN=C(N2CCC(CCCOc3ccc(CC(=O)N4CC(CNCCNC(=O)NC(CO)(CO)CO)C4)c(F)c3)CC2)CC1. The minimum absolute atomic E-state index is 0.00359. The first-order valence-corrected chi connectivity index (χ1v) is 17.6. The molecule has 3 aliphatic rings. The second kappa shape index (κ2) is 19.1. The molecule has 0 bridgehead atoms. The van der Waals surface area contributed by atoms with Gasteiger partial charge in [0.25, 0.3) is 0 Å². The second-order valence-corrected chi connectivity index (χ2v) is 13.4. The number of aliphatic imine (C=N–C) groups is 1. The van der Waals surface area contributed by atoms with E-state index in [1.807, 2.05) is 0 Å². The van der Waals surface area contributed by atoms with Gasteiger partial charge in [-0.15, -0.1) is 0 Å². The summed E-state index contributed by atoms with van der Waals surface area (Å²) in [6, 6.07) is 4.15. The van der Waals surface area contributed by atoms with Crippen LogP contribution in [0.5, 0.6) is 5.75 Å². The van der Waals surface area contributed by atoms with Crippen LogP contribution in [0.4, 0.5) is 9.18 Å². The zero-order valence-electron chi connectivity index (χ0n) is 28.4. The fourth-order valence-electron chi connectivity index (χ4n) is 6.42. The molecule has 13 heteroatoms. The molecule has 1 aromatic carbocycles. The van der Waals surface area contributed by atoms with Crippen molar-refractivity contribution < 1.29 is 34.0 Å². The Balaban J connectivity index is 1.04. The fraction of sp³-hybridized carbons (Fsp3) is 0.686. The highest BCUT2D eigenvalue weighted by Gasteiger charge is 2.31. The molecule has 6 N–H and O–H groups in total. The number of carbonyl (C=O) groups is 2. The standard InChI is InChI=1S/C35H55FN6O6/c1-2-4-27-6-9-32(39-20-27)41-14-10-26(11-15-41)5-3-16-48-30-8-7-29(31(36)18-30)17-33(46)42-21-28(22-42)19-37-12-13-38-34(47)40-35(23-43,24-44)25-45/h7-8,18,20,26,28,37,43-45H,2-6,9-17,19,21-25H2,1H3,(H2,38,40,47). The van der Waals surface area contributed by atoms with Crippen molar-refractivity contribution in [3.8, 4) is 5.75 Å². The van der Waals surface area contributed by atoms with Gasteiger partial charge in [-0.25, -0.2) is 14.2 Å². The fourth-order valence-corrected chi connectivity index (χ4v) is 6.42. The topological polar surface area (TPSA) is 159 Å². The van der Waals surface area contributed by atoms with Gasteiger partial charge in [0.1, 0.15) is 22.9 Å². The molecule has 48 heavy (non-hydrogen) atoms. The smallest absolute Gasteiger partial charge is 0.315 e. The van der Waals surface area contributed by atoms with Crippen LogP contribution in [-0.4, -0.2) is 121 Å². The minimum atomic E-state index is -1.47. The number of ether oxygens (including phenoxy) is 1. The first kappa shape index (κ1) is 37.6. The maximum atomic E-state index is 14.8. The number of piperidine rings is 1. The van der Waals surface area contributed by atoms with Gasteiger partial charge >= 0.3 is 6.03 Å². The third kappa shape index (κ3) is 11.1. The number of hydrogen-bond acceptors (Lipinski definition) is 9. The molecule has 2 saturated heterocycles. The van der Waals surface area contributed by atoms with Crippen LogP contribution in [0.3, 0.4) is 0 Å². The number of carbonyl (C=O) groups excluding carboxylic acids is 2. The molecule has 0 unspecified atom stereocenters. The van der Waals surface area contributed by atoms with Crippen molar-refractivity contribution in [3.63, 3.8) is 0 Å². The van der Waals surface area contributed by atoms with Crippen LogP contribution >= 0.6 is 0 Å². The Morgan fingerprint density at radius 1 is 1.06 bits per heavy atom. The van der Waals surface area contributed by atoms with Gasteiger partial charge in [-0.2, -0.15) is 0 Å². The molecule has 1 aromatic rings. The maximum absolute atomic E-state index is 14.8. The zero-order valence-corrected chi connectivity index (χ0v) is 28.4. The number of amides is 3. The largest absolute Gasteiger partial charge is 0.493 e. The van der Waals surface area contributed by atoms with Crippen molar-refractivity contribution in [1.29, 1.82) is 0 Å². The van der Waals surface area contributed by atoms with E-state index in [-0.39, 0.29) is 18.2 Å². The predicted molar refractivity (Wildman–Crippen MR) is 182 cm³/mol. The number of nitrogens with one attached hydrogen (secondary N) is 3. The van der Waals surface area contributed by atoms with Gasteiger partial charge in [0.15, 0.2) is 0 Å². The highest BCUT2D eigenvalue weighted by molar-refractivity contribution is 5.84. The number of hydrogen-bond donors (Lipinski definition) is 6. The van der Waals surface area contributed by atoms with E-state index in [1.54, 1.807) is 17.0 Å². The lowest BCUT2D eigenvalue weighted by molar-refractivity contribution is -0.136. The van der Waals surface area contributed by atoms with Crippen LogP contribution in [-0.2, 0) is 11.2 Å². The number of allylic oxidation sites excluding steroid dienone is 1. The Kier molecular flexibility index (Phi) is 14.9. The summed E-state index contributed by atoms with van der Waals surface area (Å²) in [7, 11) is 0. The van der Waals surface area contributed by atoms with Crippen LogP contribution in [0.1, 0.15) is 63.9 Å². The molecule has 268 valence electrons. The number of likely N-dealkylation sites (tertiary alicyclic amines) is 2. The maximum Gasteiger partial charge on any atom is 0.315 e. The minimum Gasteiger partial charge on any atom is -0.493 e. The predicted octanol–water partition coefficient (Wildman–Crippen LogP) is 2.18. The van der Waals surface area contributed by atoms with Gasteiger partial charge in [-0.1, -0.05) is 25.0 Å². The van der Waals surface area contributed by atoms with E-state index in [0.717, 1.165) is 45.2 Å². The van der Waals surface area contributed by atoms with Gasteiger partial charge < -0.3 is 45.8 Å². The summed E-state index contributed by atoms with van der Waals surface area (Å²) in [4.78, 5) is 33.6. The number of aliphatic hydroxyl groups is 3. The number of rotatable bonds is 18. The lowest BCUT2D eigenvalue weighted by Crippen LogP contribution is -2.59. The molecule has 0 atom stereocenters. The van der Waals surface area contributed by atoms with Crippen molar-refractivity contribution in [2.24, 2.45) is 16.8 Å². The summed E-state index contributed by atoms with van der Waals surface area (Å²) in [6.07, 6.45) is 11.0. The zero-order chi connectivity index (χ0) is 34.4. The first-order chi connectivity index (χ1) is 23.3. The van der Waals surface area contributed by atoms with Crippen LogP contribution in [0.15, 0.2) is 35.0 Å². The van der Waals surface area contributed by atoms with Crippen LogP contribution in [0.2, 0.25) is 0 Å². The molecule has 3 amide bonds. The molecular formula is C35H55FN6O6. The van der Waals surface area contributed by atoms with E-state index in [0.29, 0.717) is 56.6 Å². The Hall–Kier alpha value is -3.26. The highest BCUT2D eigenvalue weighted by Crippen LogP contribution is 2.26. The molecule has 0 radical (unpaired) electrons. The number of halogens is 1. The third-order valence-electron chi connectivity index (χ3n) is 9.63. The van der Waals surface area contributed by atoms with Crippen molar-refractivity contribution in [2.45, 2.75) is 70.3 Å². The van der Waals surface area contributed by atoms with Gasteiger partial charge in [0.2, 0.25) is 5.91 Å². The number of amidine groups is 1. The molecule has 0 spiro atoms. The second-order valence-electron chi connectivity index (χ2n) is 13.4. The summed E-state index contributed by atoms with van der Waals surface area (Å²) < 4.78 is 20.7. The van der Waals surface area contributed by atoms with E-state index < -0.39 is 37.2 Å². The molecule has 2 fully saturated rings. The quantitative estimate of drug-likeness (QED) is 0.129. The highest BCUT2D eigenvalue weighted by atomic mass is 19.1. The average Bonchev–Trinajstić information content (AvgIpc) is 3.08. The molecular weight excluding hydrogens is 619 g/mol. The van der Waals surface area contributed by atoms with E-state index in [2.05, 4.69) is 34.0 Å². The normalized spacial score (nSPS) is 17.4. The average molecular weight is 675 g/mol. The molecule has 3 aliphatic heterocycles. The van der Waals surface area contributed by atoms with Crippen molar-refractivity contribution >= 4 is 17.8 Å². The van der Waals surface area contributed by atoms with Crippen molar-refractivity contribution in [2.75, 3.05) is 72.2 Å². The van der Waals surface area contributed by atoms with Gasteiger partial charge in [-0.3, -0.25) is 4.79 Å². The first-order valence-electron chi connectivity index (χ1n) is 17.6. The molecule has 0 aliphatic carbocycles. The van der Waals surface area contributed by atoms with Crippen molar-refractivity contribution in [3.05, 3.63) is 41.4 Å². The number of aliphatic hydroxyl groups excluding tert-OH is 3. The summed E-state index contributed by atoms with van der Waals surface area (Å²) in [5, 5.41) is 36.0. The summed E-state index contributed by atoms with van der Waals surface area (Å²) in [5.41, 5.74) is 0.355. The van der Waals surface area contributed by atoms with Gasteiger partial charge in [-0.05, 0) is 56.1 Å². The third-order valence-corrected chi connectivity index (χ3v) is 9.63. The van der Waals surface area contributed by atoms with E-state index in [1.165, 1.54) is 36.7 Å². The molecule has 0 aromatic heterocycles. The van der Waals surface area contributed by atoms with Crippen LogP contribution in [0, 0.1) is 17.7 Å². The summed E-state index contributed by atoms with van der Waals surface area (Å²) >= 11 is 0. The molecule has 0 saturated carbocycles. The van der Waals surface area contributed by atoms with Crippen molar-refractivity contribution in [1.82, 2.24) is 25.8 Å². The monoisotopic (exact) mass is 674 g/mol. The van der Waals surface area contributed by atoms with Crippen LogP contribution < -0.4 is 20.7 Å². The van der Waals surface area contributed by atoms with E-state index in [9.17, 15) is 29.3 Å². The molecule has 4 rings (SSSR count). The number of nitrogens with zero attached hydrogens (tertiary/aromatic N) is 3. The molecule has 3 heterocycles. The van der Waals surface area contributed by atoms with Gasteiger partial charge in [0.05, 0.1) is 32.8 Å². The Bertz CT molecular complexity index is 1240. The van der Waals surface area contributed by atoms with E-state index in [4.69, 9.17) is 9.73 Å². The van der Waals surface area contributed by atoms with E-state index >= 15 is 0 Å².